The van der Waals surface area contributed by atoms with Crippen molar-refractivity contribution in [2.45, 2.75) is 55.9 Å². The lowest BCUT2D eigenvalue weighted by atomic mass is 9.96. The number of carbonyl (C=O) groups excluding carboxylic acids is 2. The molecule has 2 aromatic rings. The number of likely N-dealkylation sites (N-methyl/N-ethyl adjacent to an activating group) is 1. The number of anilines is 1. The van der Waals surface area contributed by atoms with Crippen molar-refractivity contribution in [3.63, 3.8) is 0 Å². The number of amides is 2. The Kier molecular flexibility index (Phi) is 7.20. The molecule has 0 radical (unpaired) electrons. The highest BCUT2D eigenvalue weighted by Gasteiger charge is 2.28. The van der Waals surface area contributed by atoms with Crippen LogP contribution < -0.4 is 15.0 Å². The van der Waals surface area contributed by atoms with Gasteiger partial charge in [-0.2, -0.15) is 0 Å². The number of nitrogens with zero attached hydrogens (tertiary/aromatic N) is 1. The number of hydrogen-bond donors (Lipinski definition) is 1. The predicted molar refractivity (Wildman–Crippen MR) is 130 cm³/mol. The van der Waals surface area contributed by atoms with Crippen LogP contribution in [0, 0.1) is 0 Å². The molecule has 1 aliphatic carbocycles. The van der Waals surface area contributed by atoms with Crippen molar-refractivity contribution in [1.29, 1.82) is 0 Å². The number of carbonyl (C=O) groups is 2. The van der Waals surface area contributed by atoms with E-state index in [-0.39, 0.29) is 17.9 Å². The van der Waals surface area contributed by atoms with Crippen molar-refractivity contribution in [2.24, 2.45) is 0 Å². The van der Waals surface area contributed by atoms with Gasteiger partial charge < -0.3 is 15.0 Å². The molecule has 0 bridgehead atoms. The quantitative estimate of drug-likeness (QED) is 0.612. The van der Waals surface area contributed by atoms with Crippen LogP contribution in [-0.4, -0.2) is 32.0 Å². The zero-order valence-electron chi connectivity index (χ0n) is 18.7. The monoisotopic (exact) mass is 450 g/mol. The number of hydrogen-bond acceptors (Lipinski definition) is 4. The molecule has 1 N–H and O–H groups in total. The van der Waals surface area contributed by atoms with Crippen molar-refractivity contribution >= 4 is 35.3 Å². The molecule has 0 unspecified atom stereocenters. The first kappa shape index (κ1) is 22.5. The molecule has 1 saturated carbocycles. The lowest BCUT2D eigenvalue weighted by Crippen LogP contribution is -2.35. The Balaban J connectivity index is 1.53. The number of thioether (sulfide) groups is 1. The van der Waals surface area contributed by atoms with Crippen LogP contribution in [0.3, 0.4) is 0 Å². The van der Waals surface area contributed by atoms with E-state index in [1.165, 1.54) is 43.9 Å². The van der Waals surface area contributed by atoms with Gasteiger partial charge in [0.1, 0.15) is 5.75 Å². The summed E-state index contributed by atoms with van der Waals surface area (Å²) in [5.41, 5.74) is 2.23. The maximum atomic E-state index is 13.1. The maximum Gasteiger partial charge on any atom is 0.264 e. The van der Waals surface area contributed by atoms with Crippen molar-refractivity contribution in [2.75, 3.05) is 19.1 Å². The molecule has 1 aliphatic heterocycles. The first-order valence-corrected chi connectivity index (χ1v) is 12.1. The van der Waals surface area contributed by atoms with Gasteiger partial charge in [0, 0.05) is 29.1 Å². The van der Waals surface area contributed by atoms with E-state index >= 15 is 0 Å². The second-order valence-corrected chi connectivity index (χ2v) is 9.50. The summed E-state index contributed by atoms with van der Waals surface area (Å²) in [4.78, 5) is 29.2. The second kappa shape index (κ2) is 10.3. The lowest BCUT2D eigenvalue weighted by molar-refractivity contribution is -0.114. The Bertz CT molecular complexity index is 1030. The van der Waals surface area contributed by atoms with E-state index in [0.29, 0.717) is 10.5 Å². The molecular formula is C26H30N2O3S. The average molecular weight is 451 g/mol. The molecule has 2 aromatic carbocycles. The maximum absolute atomic E-state index is 13.1. The first-order valence-electron chi connectivity index (χ1n) is 11.3. The number of ether oxygens (including phenoxy) is 1. The Morgan fingerprint density at radius 1 is 1.09 bits per heavy atom. The minimum Gasteiger partial charge on any atom is -0.496 e. The van der Waals surface area contributed by atoms with Gasteiger partial charge in [0.25, 0.3) is 11.8 Å². The smallest absolute Gasteiger partial charge is 0.264 e. The molecule has 4 rings (SSSR count). The standard InChI is InChI=1S/C26H30N2O3S/c1-28-21-16-19(25(29)27-20-11-6-4-3-5-7-12-20)14-15-23(21)32-24(26(28)30)17-18-10-8-9-13-22(18)31-2/h8-10,13-17,20H,3-7,11-12H2,1-2H3,(H,27,29). The SMILES string of the molecule is COc1ccccc1C=C1Sc2ccc(C(=O)NC3CCCCCCC3)cc2N(C)C1=O. The number of para-hydroxylation sites is 1. The highest BCUT2D eigenvalue weighted by atomic mass is 32.2. The molecule has 168 valence electrons. The van der Waals surface area contributed by atoms with Gasteiger partial charge in [-0.1, -0.05) is 62.1 Å². The Morgan fingerprint density at radius 3 is 2.56 bits per heavy atom. The molecule has 2 amide bonds. The van der Waals surface area contributed by atoms with E-state index in [1.54, 1.807) is 19.1 Å². The summed E-state index contributed by atoms with van der Waals surface area (Å²) in [6.45, 7) is 0. The largest absolute Gasteiger partial charge is 0.496 e. The molecule has 0 saturated heterocycles. The van der Waals surface area contributed by atoms with E-state index in [9.17, 15) is 9.59 Å². The summed E-state index contributed by atoms with van der Waals surface area (Å²) >= 11 is 1.43. The minimum atomic E-state index is -0.0917. The normalized spacial score (nSPS) is 18.6. The van der Waals surface area contributed by atoms with Crippen LogP contribution in [0.1, 0.15) is 60.9 Å². The van der Waals surface area contributed by atoms with E-state index in [0.717, 1.165) is 34.7 Å². The van der Waals surface area contributed by atoms with E-state index in [4.69, 9.17) is 4.74 Å². The molecular weight excluding hydrogens is 420 g/mol. The van der Waals surface area contributed by atoms with Crippen LogP contribution in [0.15, 0.2) is 52.3 Å². The average Bonchev–Trinajstić information content (AvgIpc) is 2.79. The highest BCUT2D eigenvalue weighted by molar-refractivity contribution is 8.04. The number of nitrogens with one attached hydrogen (secondary N) is 1. The van der Waals surface area contributed by atoms with Gasteiger partial charge in [0.15, 0.2) is 0 Å². The number of rotatable bonds is 4. The second-order valence-electron chi connectivity index (χ2n) is 8.41. The summed E-state index contributed by atoms with van der Waals surface area (Å²) in [5.74, 6) is 0.577. The molecule has 6 heteroatoms. The molecule has 0 aromatic heterocycles. The molecule has 1 fully saturated rings. The van der Waals surface area contributed by atoms with Gasteiger partial charge >= 0.3 is 0 Å². The number of methoxy groups -OCH3 is 1. The van der Waals surface area contributed by atoms with Crippen LogP contribution in [0.5, 0.6) is 5.75 Å². The third-order valence-electron chi connectivity index (χ3n) is 6.18. The van der Waals surface area contributed by atoms with Gasteiger partial charge in [-0.3, -0.25) is 9.59 Å². The van der Waals surface area contributed by atoms with Gasteiger partial charge in [-0.05, 0) is 43.2 Å². The first-order chi connectivity index (χ1) is 15.6. The zero-order chi connectivity index (χ0) is 22.5. The molecule has 5 nitrogen and oxygen atoms in total. The van der Waals surface area contributed by atoms with Crippen molar-refractivity contribution in [1.82, 2.24) is 5.32 Å². The van der Waals surface area contributed by atoms with Crippen LogP contribution in [0.2, 0.25) is 0 Å². The fourth-order valence-corrected chi connectivity index (χ4v) is 5.41. The number of fused-ring (bicyclic) bond motifs is 1. The summed E-state index contributed by atoms with van der Waals surface area (Å²) in [6.07, 6.45) is 10.1. The van der Waals surface area contributed by atoms with Crippen LogP contribution >= 0.6 is 11.8 Å². The van der Waals surface area contributed by atoms with Gasteiger partial charge in [0.2, 0.25) is 0 Å². The Morgan fingerprint density at radius 2 is 1.81 bits per heavy atom. The minimum absolute atomic E-state index is 0.0559. The number of benzene rings is 2. The van der Waals surface area contributed by atoms with Crippen LogP contribution in [-0.2, 0) is 4.79 Å². The summed E-state index contributed by atoms with van der Waals surface area (Å²) in [5, 5.41) is 3.22. The van der Waals surface area contributed by atoms with E-state index in [1.807, 2.05) is 48.5 Å². The van der Waals surface area contributed by atoms with Crippen LogP contribution in [0.4, 0.5) is 5.69 Å². The third kappa shape index (κ3) is 5.01. The van der Waals surface area contributed by atoms with E-state index in [2.05, 4.69) is 5.32 Å². The van der Waals surface area contributed by atoms with Crippen molar-refractivity contribution in [3.8, 4) is 5.75 Å². The Hall–Kier alpha value is -2.73. The molecule has 1 heterocycles. The van der Waals surface area contributed by atoms with E-state index < -0.39 is 0 Å². The molecule has 0 atom stereocenters. The summed E-state index contributed by atoms with van der Waals surface area (Å²) in [6, 6.07) is 13.5. The predicted octanol–water partition coefficient (Wildman–Crippen LogP) is 5.65. The van der Waals surface area contributed by atoms with Gasteiger partial charge in [0.05, 0.1) is 17.7 Å². The third-order valence-corrected chi connectivity index (χ3v) is 7.26. The topological polar surface area (TPSA) is 58.6 Å². The van der Waals surface area contributed by atoms with Crippen molar-refractivity contribution in [3.05, 3.63) is 58.5 Å². The van der Waals surface area contributed by atoms with Crippen molar-refractivity contribution < 1.29 is 14.3 Å². The summed E-state index contributed by atoms with van der Waals surface area (Å²) < 4.78 is 5.41. The summed E-state index contributed by atoms with van der Waals surface area (Å²) in [7, 11) is 3.38. The Labute approximate surface area is 194 Å². The fourth-order valence-electron chi connectivity index (χ4n) is 4.33. The molecule has 32 heavy (non-hydrogen) atoms. The molecule has 2 aliphatic rings. The zero-order valence-corrected chi connectivity index (χ0v) is 19.5. The van der Waals surface area contributed by atoms with Gasteiger partial charge in [-0.25, -0.2) is 0 Å². The lowest BCUT2D eigenvalue weighted by Gasteiger charge is -2.28. The fraction of sp³-hybridized carbons (Fsp3) is 0.385. The van der Waals surface area contributed by atoms with Crippen LogP contribution in [0.25, 0.3) is 6.08 Å². The highest BCUT2D eigenvalue weighted by Crippen LogP contribution is 2.42. The molecule has 0 spiro atoms. The van der Waals surface area contributed by atoms with Gasteiger partial charge in [-0.15, -0.1) is 0 Å².